The molecule has 0 bridgehead atoms. The molecule has 1 aliphatic rings. The fourth-order valence-electron chi connectivity index (χ4n) is 4.42. The second kappa shape index (κ2) is 9.85. The van der Waals surface area contributed by atoms with Crippen molar-refractivity contribution in [3.8, 4) is 11.1 Å². The second-order valence-electron chi connectivity index (χ2n) is 9.64. The van der Waals surface area contributed by atoms with E-state index < -0.39 is 0 Å². The zero-order valence-electron chi connectivity index (χ0n) is 20.1. The lowest BCUT2D eigenvalue weighted by atomic mass is 9.94. The number of piperidine rings is 1. The van der Waals surface area contributed by atoms with Crippen LogP contribution in [0.15, 0.2) is 49.1 Å². The highest BCUT2D eigenvalue weighted by molar-refractivity contribution is 5.81. The predicted molar refractivity (Wildman–Crippen MR) is 135 cm³/mol. The lowest BCUT2D eigenvalue weighted by Crippen LogP contribution is -2.30. The maximum Gasteiger partial charge on any atom is 0.154 e. The van der Waals surface area contributed by atoms with Crippen LogP contribution in [0.1, 0.15) is 44.6 Å². The third kappa shape index (κ3) is 5.22. The molecule has 0 aromatic carbocycles. The zero-order chi connectivity index (χ0) is 23.5. The van der Waals surface area contributed by atoms with Crippen LogP contribution in [0.25, 0.3) is 22.2 Å². The number of aryl methyl sites for hydroxylation is 1. The van der Waals surface area contributed by atoms with Crippen molar-refractivity contribution in [3.05, 3.63) is 54.6 Å². The molecule has 5 rings (SSSR count). The molecule has 0 radical (unpaired) electrons. The third-order valence-corrected chi connectivity index (χ3v) is 6.71. The Bertz CT molecular complexity index is 1260. The van der Waals surface area contributed by atoms with Crippen molar-refractivity contribution in [2.24, 2.45) is 5.92 Å². The second-order valence-corrected chi connectivity index (χ2v) is 9.64. The van der Waals surface area contributed by atoms with Gasteiger partial charge < -0.3 is 10.2 Å². The van der Waals surface area contributed by atoms with E-state index in [1.807, 2.05) is 30.6 Å². The first kappa shape index (κ1) is 22.4. The van der Waals surface area contributed by atoms with Gasteiger partial charge in [0.25, 0.3) is 0 Å². The fraction of sp³-hybridized carbons (Fsp3) is 0.423. The van der Waals surface area contributed by atoms with Crippen LogP contribution in [-0.4, -0.2) is 55.0 Å². The van der Waals surface area contributed by atoms with E-state index in [-0.39, 0.29) is 0 Å². The van der Waals surface area contributed by atoms with Gasteiger partial charge in [-0.1, -0.05) is 13.8 Å². The van der Waals surface area contributed by atoms with Gasteiger partial charge in [0.05, 0.1) is 23.4 Å². The number of nitrogens with one attached hydrogen (secondary N) is 1. The Morgan fingerprint density at radius 1 is 1.00 bits per heavy atom. The highest BCUT2D eigenvalue weighted by Crippen LogP contribution is 2.25. The number of hydrogen-bond donors (Lipinski definition) is 1. The van der Waals surface area contributed by atoms with Gasteiger partial charge in [-0.3, -0.25) is 9.67 Å². The van der Waals surface area contributed by atoms with Crippen molar-refractivity contribution < 1.29 is 0 Å². The summed E-state index contributed by atoms with van der Waals surface area (Å²) in [6, 6.07) is 7.97. The quantitative estimate of drug-likeness (QED) is 0.424. The minimum absolute atomic E-state index is 0.387. The lowest BCUT2D eigenvalue weighted by molar-refractivity contribution is 0.206. The average molecular weight is 457 g/mol. The predicted octanol–water partition coefficient (Wildman–Crippen LogP) is 4.88. The van der Waals surface area contributed by atoms with Gasteiger partial charge in [0, 0.05) is 30.1 Å². The smallest absolute Gasteiger partial charge is 0.154 e. The Balaban J connectivity index is 1.29. The van der Waals surface area contributed by atoms with Gasteiger partial charge in [0.2, 0.25) is 0 Å². The number of nitrogens with zero attached hydrogens (tertiary/aromatic N) is 7. The number of rotatable bonds is 7. The fourth-order valence-corrected chi connectivity index (χ4v) is 4.42. The number of fused-ring (bicyclic) bond motifs is 1. The molecule has 1 fully saturated rings. The molecule has 0 atom stereocenters. The Kier molecular flexibility index (Phi) is 6.49. The number of likely N-dealkylation sites (tertiary alicyclic amines) is 1. The molecule has 0 spiro atoms. The van der Waals surface area contributed by atoms with Crippen molar-refractivity contribution in [1.29, 1.82) is 0 Å². The van der Waals surface area contributed by atoms with Crippen LogP contribution in [0.5, 0.6) is 0 Å². The van der Waals surface area contributed by atoms with Crippen LogP contribution in [0.3, 0.4) is 0 Å². The van der Waals surface area contributed by atoms with Crippen LogP contribution in [0, 0.1) is 5.92 Å². The van der Waals surface area contributed by atoms with E-state index >= 15 is 0 Å². The highest BCUT2D eigenvalue weighted by atomic mass is 15.3. The molecule has 1 N–H and O–H groups in total. The normalized spacial score (nSPS) is 15.3. The summed E-state index contributed by atoms with van der Waals surface area (Å²) in [5.41, 5.74) is 4.90. The molecule has 1 saturated heterocycles. The molecule has 8 heteroatoms. The van der Waals surface area contributed by atoms with Gasteiger partial charge in [0.15, 0.2) is 5.82 Å². The Morgan fingerprint density at radius 2 is 1.85 bits per heavy atom. The summed E-state index contributed by atoms with van der Waals surface area (Å²) in [4.78, 5) is 11.8. The van der Waals surface area contributed by atoms with Gasteiger partial charge in [-0.05, 0) is 81.1 Å². The molecule has 0 saturated carbocycles. The molecule has 0 aliphatic carbocycles. The Morgan fingerprint density at radius 3 is 2.68 bits per heavy atom. The van der Waals surface area contributed by atoms with Crippen molar-refractivity contribution in [2.45, 2.75) is 45.6 Å². The van der Waals surface area contributed by atoms with Gasteiger partial charge in [0.1, 0.15) is 5.82 Å². The maximum absolute atomic E-state index is 4.77. The standard InChI is InChI=1S/C26H32N8/c1-18(2)20-13-26(32-28-15-20)31-25-5-4-23-24(30-25)12-21(14-27-23)22-16-29-34(17-22)11-8-19-6-9-33(3)10-7-19/h4-5,12-19H,6-11H2,1-3H3,(H,30,31,32). The van der Waals surface area contributed by atoms with E-state index in [9.17, 15) is 0 Å². The van der Waals surface area contributed by atoms with Crippen LogP contribution in [-0.2, 0) is 6.54 Å². The van der Waals surface area contributed by atoms with Crippen LogP contribution >= 0.6 is 0 Å². The summed E-state index contributed by atoms with van der Waals surface area (Å²) in [5, 5.41) is 16.2. The molecular weight excluding hydrogens is 424 g/mol. The first-order valence-electron chi connectivity index (χ1n) is 12.1. The summed E-state index contributed by atoms with van der Waals surface area (Å²) >= 11 is 0. The lowest BCUT2D eigenvalue weighted by Gasteiger charge is -2.28. The molecule has 4 aromatic heterocycles. The van der Waals surface area contributed by atoms with E-state index in [0.29, 0.717) is 11.7 Å². The van der Waals surface area contributed by atoms with Gasteiger partial charge in [-0.2, -0.15) is 10.2 Å². The first-order valence-corrected chi connectivity index (χ1v) is 12.1. The van der Waals surface area contributed by atoms with Gasteiger partial charge >= 0.3 is 0 Å². The van der Waals surface area contributed by atoms with Crippen molar-refractivity contribution in [1.82, 2.24) is 34.8 Å². The number of aromatic nitrogens is 6. The molecule has 0 amide bonds. The maximum atomic E-state index is 4.77. The number of hydrogen-bond acceptors (Lipinski definition) is 7. The minimum Gasteiger partial charge on any atom is -0.323 e. The third-order valence-electron chi connectivity index (χ3n) is 6.71. The number of anilines is 2. The summed E-state index contributed by atoms with van der Waals surface area (Å²) in [7, 11) is 2.21. The summed E-state index contributed by atoms with van der Waals surface area (Å²) < 4.78 is 2.06. The molecule has 5 heterocycles. The van der Waals surface area contributed by atoms with E-state index in [4.69, 9.17) is 4.98 Å². The average Bonchev–Trinajstić information content (AvgIpc) is 3.32. The molecule has 8 nitrogen and oxygen atoms in total. The van der Waals surface area contributed by atoms with Crippen LogP contribution in [0.4, 0.5) is 11.6 Å². The van der Waals surface area contributed by atoms with Crippen LogP contribution in [0.2, 0.25) is 0 Å². The Labute approximate surface area is 200 Å². The molecule has 0 unspecified atom stereocenters. The highest BCUT2D eigenvalue weighted by Gasteiger charge is 2.16. The monoisotopic (exact) mass is 456 g/mol. The molecule has 1 aliphatic heterocycles. The molecular formula is C26H32N8. The first-order chi connectivity index (χ1) is 16.5. The zero-order valence-corrected chi connectivity index (χ0v) is 20.1. The van der Waals surface area contributed by atoms with E-state index in [2.05, 4.69) is 68.3 Å². The summed E-state index contributed by atoms with van der Waals surface area (Å²) in [5.74, 6) is 2.59. The van der Waals surface area contributed by atoms with Gasteiger partial charge in [-0.25, -0.2) is 4.98 Å². The molecule has 34 heavy (non-hydrogen) atoms. The molecule has 176 valence electrons. The largest absolute Gasteiger partial charge is 0.323 e. The van der Waals surface area contributed by atoms with Gasteiger partial charge in [-0.15, -0.1) is 5.10 Å². The van der Waals surface area contributed by atoms with Crippen molar-refractivity contribution in [3.63, 3.8) is 0 Å². The Hall–Kier alpha value is -3.39. The molecule has 4 aromatic rings. The van der Waals surface area contributed by atoms with E-state index in [0.717, 1.165) is 46.0 Å². The van der Waals surface area contributed by atoms with Crippen molar-refractivity contribution >= 4 is 22.7 Å². The van der Waals surface area contributed by atoms with Crippen molar-refractivity contribution in [2.75, 3.05) is 25.5 Å². The van der Waals surface area contributed by atoms with Crippen LogP contribution < -0.4 is 5.32 Å². The summed E-state index contributed by atoms with van der Waals surface area (Å²) in [6.07, 6.45) is 11.5. The van der Waals surface area contributed by atoms with E-state index in [1.165, 1.54) is 32.4 Å². The minimum atomic E-state index is 0.387. The summed E-state index contributed by atoms with van der Waals surface area (Å²) in [6.45, 7) is 7.64. The van der Waals surface area contributed by atoms with E-state index in [1.54, 1.807) is 6.20 Å². The SMILES string of the molecule is CC(C)c1cnnc(Nc2ccc3ncc(-c4cnn(CCC5CCN(C)CC5)c4)cc3n2)c1. The number of pyridine rings is 2. The topological polar surface area (TPSA) is 84.7 Å².